The van der Waals surface area contributed by atoms with E-state index in [2.05, 4.69) is 181 Å². The fourth-order valence-electron chi connectivity index (χ4n) is 8.96. The van der Waals surface area contributed by atoms with E-state index in [1.165, 1.54) is 77.9 Å². The van der Waals surface area contributed by atoms with E-state index in [1.807, 2.05) is 0 Å². The van der Waals surface area contributed by atoms with Crippen LogP contribution in [0.3, 0.4) is 0 Å². The first-order valence-corrected chi connectivity index (χ1v) is 21.0. The summed E-state index contributed by atoms with van der Waals surface area (Å²) in [5, 5.41) is 2.71. The summed E-state index contributed by atoms with van der Waals surface area (Å²) in [7, 11) is 0. The summed E-state index contributed by atoms with van der Waals surface area (Å²) in [6.45, 7) is 4.92. The summed E-state index contributed by atoms with van der Waals surface area (Å²) in [5.74, 6) is 0. The molecule has 2 atom stereocenters. The molecule has 2 aromatic heterocycles. The molecule has 2 aliphatic carbocycles. The number of halogens is 2. The molecule has 2 unspecified atom stereocenters. The Morgan fingerprint density at radius 3 is 1.22 bits per heavy atom. The number of fused-ring (bicyclic) bond motifs is 10. The van der Waals surface area contributed by atoms with Crippen LogP contribution >= 0.6 is 0 Å². The molecule has 242 valence electrons. The van der Waals surface area contributed by atoms with Crippen LogP contribution in [-0.4, -0.2) is 12.3 Å². The van der Waals surface area contributed by atoms with E-state index in [0.717, 1.165) is 0 Å². The predicted octanol–water partition coefficient (Wildman–Crippen LogP) is 5.25. The predicted molar refractivity (Wildman–Crippen MR) is 197 cm³/mol. The smallest absolute Gasteiger partial charge is 1.00 e. The topological polar surface area (TPSA) is 9.86 Å². The van der Waals surface area contributed by atoms with Gasteiger partial charge in [-0.2, -0.15) is 0 Å². The molecule has 2 aliphatic rings. The van der Waals surface area contributed by atoms with Crippen molar-refractivity contribution in [1.29, 1.82) is 0 Å². The molecule has 0 N–H and O–H groups in total. The SMILES string of the molecule is C[C](C)=[Zr+2]([CH]1c2ccccc2-c2c1n(-c1ccccc1)c1ccccc21)[CH]1c2ccccc2-c2c1n(-c1ccccc1)c1ccccc21.[Cl-].[Cl-]. The van der Waals surface area contributed by atoms with Crippen LogP contribution in [0.15, 0.2) is 158 Å². The summed E-state index contributed by atoms with van der Waals surface area (Å²) in [4.78, 5) is 0. The molecule has 0 radical (unpaired) electrons. The van der Waals surface area contributed by atoms with Crippen LogP contribution < -0.4 is 24.8 Å². The van der Waals surface area contributed by atoms with Crippen molar-refractivity contribution < 1.29 is 46.1 Å². The van der Waals surface area contributed by atoms with Gasteiger partial charge in [-0.05, 0) is 0 Å². The van der Waals surface area contributed by atoms with Gasteiger partial charge < -0.3 is 24.8 Å². The van der Waals surface area contributed by atoms with Gasteiger partial charge in [-0.1, -0.05) is 0 Å². The van der Waals surface area contributed by atoms with Crippen molar-refractivity contribution in [2.45, 2.75) is 21.1 Å². The van der Waals surface area contributed by atoms with Crippen molar-refractivity contribution in [3.8, 4) is 33.6 Å². The first kappa shape index (κ1) is 32.9. The monoisotopic (exact) mass is 762 g/mol. The third-order valence-corrected chi connectivity index (χ3v) is 19.4. The van der Waals surface area contributed by atoms with Crippen molar-refractivity contribution in [3.05, 3.63) is 180 Å². The van der Waals surface area contributed by atoms with Gasteiger partial charge in [-0.15, -0.1) is 0 Å². The molecule has 50 heavy (non-hydrogen) atoms. The molecule has 0 spiro atoms. The fraction of sp³-hybridized carbons (Fsp3) is 0.0889. The Kier molecular flexibility index (Phi) is 8.43. The van der Waals surface area contributed by atoms with Crippen molar-refractivity contribution in [1.82, 2.24) is 9.13 Å². The summed E-state index contributed by atoms with van der Waals surface area (Å²) < 4.78 is 7.58. The van der Waals surface area contributed by atoms with Gasteiger partial charge in [0.15, 0.2) is 0 Å². The van der Waals surface area contributed by atoms with Crippen LogP contribution in [0.2, 0.25) is 0 Å². The number of para-hydroxylation sites is 4. The molecule has 0 amide bonds. The second-order valence-electron chi connectivity index (χ2n) is 13.4. The Bertz CT molecular complexity index is 2390. The van der Waals surface area contributed by atoms with E-state index in [9.17, 15) is 0 Å². The minimum atomic E-state index is -2.78. The average molecular weight is 765 g/mol. The third-order valence-electron chi connectivity index (χ3n) is 10.7. The van der Waals surface area contributed by atoms with Crippen molar-refractivity contribution >= 4 is 25.0 Å². The Balaban J connectivity index is 0.00000180. The molecule has 0 bridgehead atoms. The number of aromatic nitrogens is 2. The van der Waals surface area contributed by atoms with E-state index in [1.54, 1.807) is 3.21 Å². The van der Waals surface area contributed by atoms with Crippen molar-refractivity contribution in [2.24, 2.45) is 0 Å². The maximum absolute atomic E-state index is 2.78. The molecule has 10 rings (SSSR count). The third kappa shape index (κ3) is 4.60. The number of hydrogen-bond donors (Lipinski definition) is 0. The standard InChI is InChI=1S/2C21H14N.C3H6.2ClH.Zr/c2*1-2-9-16(10-3-1)22-19-13-7-6-12-18(19)21-17-11-5-4-8-15(17)14-20(21)22;1-3-2;;;/h2*1-14H;1-2H3;2*1H;/q;;;;;+2/p-2. The molecular weight excluding hydrogens is 731 g/mol. The zero-order valence-electron chi connectivity index (χ0n) is 27.8. The number of hydrogen-bond acceptors (Lipinski definition) is 0. The van der Waals surface area contributed by atoms with Gasteiger partial charge in [0, 0.05) is 0 Å². The fourth-order valence-corrected chi connectivity index (χ4v) is 18.3. The Labute approximate surface area is 313 Å². The van der Waals surface area contributed by atoms with Crippen molar-refractivity contribution in [3.63, 3.8) is 0 Å². The summed E-state index contributed by atoms with van der Waals surface area (Å²) in [5.41, 5.74) is 16.8. The molecule has 0 saturated heterocycles. The van der Waals surface area contributed by atoms with Gasteiger partial charge in [-0.3, -0.25) is 0 Å². The maximum Gasteiger partial charge on any atom is -1.00 e. The van der Waals surface area contributed by atoms with Crippen LogP contribution in [0.5, 0.6) is 0 Å². The Morgan fingerprint density at radius 2 is 0.800 bits per heavy atom. The molecule has 0 saturated carbocycles. The van der Waals surface area contributed by atoms with Crippen LogP contribution in [0, 0.1) is 0 Å². The van der Waals surface area contributed by atoms with Gasteiger partial charge >= 0.3 is 290 Å². The minimum Gasteiger partial charge on any atom is -1.00 e. The molecule has 5 heteroatoms. The molecule has 6 aromatic carbocycles. The van der Waals surface area contributed by atoms with Gasteiger partial charge in [0.05, 0.1) is 0 Å². The van der Waals surface area contributed by atoms with Gasteiger partial charge in [0.25, 0.3) is 0 Å². The zero-order valence-corrected chi connectivity index (χ0v) is 31.8. The largest absolute Gasteiger partial charge is 1.00 e. The minimum absolute atomic E-state index is 0. The molecule has 8 aromatic rings. The zero-order chi connectivity index (χ0) is 31.9. The first-order chi connectivity index (χ1) is 23.7. The van der Waals surface area contributed by atoms with E-state index in [0.29, 0.717) is 7.25 Å². The van der Waals surface area contributed by atoms with E-state index < -0.39 is 21.3 Å². The normalized spacial score (nSPS) is 14.9. The Hall–Kier alpha value is -4.27. The maximum atomic E-state index is 2.62. The van der Waals surface area contributed by atoms with Crippen molar-refractivity contribution in [2.75, 3.05) is 0 Å². The number of rotatable bonds is 4. The van der Waals surface area contributed by atoms with Gasteiger partial charge in [-0.25, -0.2) is 0 Å². The molecular formula is C45H34Cl2N2Zr. The quantitative estimate of drug-likeness (QED) is 0.232. The van der Waals surface area contributed by atoms with E-state index in [-0.39, 0.29) is 24.8 Å². The summed E-state index contributed by atoms with van der Waals surface area (Å²) in [6, 6.07) is 59.0. The van der Waals surface area contributed by atoms with Gasteiger partial charge in [0.2, 0.25) is 0 Å². The summed E-state index contributed by atoms with van der Waals surface area (Å²) >= 11 is -2.78. The number of benzene rings is 6. The molecule has 0 fully saturated rings. The Morgan fingerprint density at radius 1 is 0.440 bits per heavy atom. The van der Waals surface area contributed by atoms with Crippen LogP contribution in [0.25, 0.3) is 55.4 Å². The van der Waals surface area contributed by atoms with Crippen LogP contribution in [0.4, 0.5) is 0 Å². The molecule has 2 heterocycles. The molecule has 2 nitrogen and oxygen atoms in total. The average Bonchev–Trinajstić information content (AvgIpc) is 3.85. The van der Waals surface area contributed by atoms with E-state index in [4.69, 9.17) is 0 Å². The second kappa shape index (κ2) is 12.8. The second-order valence-corrected chi connectivity index (χ2v) is 20.9. The first-order valence-electron chi connectivity index (χ1n) is 17.0. The van der Waals surface area contributed by atoms with Crippen LogP contribution in [0.1, 0.15) is 43.6 Å². The molecule has 0 aliphatic heterocycles. The van der Waals surface area contributed by atoms with E-state index >= 15 is 0 Å². The number of nitrogens with zero attached hydrogens (tertiary/aromatic N) is 2. The summed E-state index contributed by atoms with van der Waals surface area (Å²) in [6.07, 6.45) is 0. The van der Waals surface area contributed by atoms with Crippen LogP contribution in [-0.2, 0) is 21.3 Å². The van der Waals surface area contributed by atoms with Gasteiger partial charge in [0.1, 0.15) is 0 Å².